The number of thiophene rings is 2. The number of carboxylic acid groups (broad SMARTS) is 1. The van der Waals surface area contributed by atoms with Crippen LogP contribution >= 0.6 is 22.7 Å². The Kier molecular flexibility index (Phi) is 4.76. The van der Waals surface area contributed by atoms with E-state index in [1.165, 1.54) is 22.7 Å². The fourth-order valence-corrected chi connectivity index (χ4v) is 6.49. The van der Waals surface area contributed by atoms with Crippen LogP contribution in [-0.4, -0.2) is 38.2 Å². The molecule has 0 radical (unpaired) electrons. The summed E-state index contributed by atoms with van der Waals surface area (Å²) >= 11 is 2.65. The molecule has 1 aliphatic carbocycles. The van der Waals surface area contributed by atoms with Crippen molar-refractivity contribution in [2.75, 3.05) is 0 Å². The lowest BCUT2D eigenvalue weighted by Crippen LogP contribution is -2.32. The Bertz CT molecular complexity index is 1020. The summed E-state index contributed by atoms with van der Waals surface area (Å²) in [6.07, 6.45) is 2.09. The summed E-state index contributed by atoms with van der Waals surface area (Å²) in [5, 5.41) is 25.0. The molecule has 1 atom stereocenters. The van der Waals surface area contributed by atoms with Crippen LogP contribution in [0, 0.1) is 5.92 Å². The van der Waals surface area contributed by atoms with Gasteiger partial charge in [-0.2, -0.15) is 5.21 Å². The number of aromatic amines is 1. The van der Waals surface area contributed by atoms with Crippen LogP contribution in [0.15, 0.2) is 12.1 Å². The van der Waals surface area contributed by atoms with Crippen LogP contribution in [-0.2, 0) is 23.1 Å². The SMILES string of the molecule is CC(C)CC1(c2nn[nH]n2)c2sc(OC=O)cc2CCc2cc(C(=O)O)sc21. The van der Waals surface area contributed by atoms with Gasteiger partial charge < -0.3 is 9.84 Å². The van der Waals surface area contributed by atoms with Crippen LogP contribution in [0.5, 0.6) is 5.06 Å². The van der Waals surface area contributed by atoms with Crippen molar-refractivity contribution < 1.29 is 19.4 Å². The van der Waals surface area contributed by atoms with E-state index in [2.05, 4.69) is 34.5 Å². The molecule has 0 aliphatic heterocycles. The van der Waals surface area contributed by atoms with E-state index in [9.17, 15) is 14.7 Å². The van der Waals surface area contributed by atoms with E-state index < -0.39 is 11.4 Å². The van der Waals surface area contributed by atoms with E-state index in [4.69, 9.17) is 4.74 Å². The number of H-pyrrole nitrogens is 1. The number of nitrogens with one attached hydrogen (secondary N) is 1. The Balaban J connectivity index is 2.05. The molecule has 2 N–H and O–H groups in total. The predicted octanol–water partition coefficient (Wildman–Crippen LogP) is 3.04. The van der Waals surface area contributed by atoms with Gasteiger partial charge in [0.15, 0.2) is 10.9 Å². The average Bonchev–Trinajstić information content (AvgIpc) is 3.37. The summed E-state index contributed by atoms with van der Waals surface area (Å²) in [7, 11) is 0. The summed E-state index contributed by atoms with van der Waals surface area (Å²) in [6, 6.07) is 3.65. The monoisotopic (exact) mass is 418 g/mol. The molecule has 1 aliphatic rings. The van der Waals surface area contributed by atoms with Gasteiger partial charge in [-0.1, -0.05) is 19.1 Å². The highest BCUT2D eigenvalue weighted by Crippen LogP contribution is 2.53. The van der Waals surface area contributed by atoms with Crippen LogP contribution in [0.4, 0.5) is 0 Å². The first-order valence-electron chi connectivity index (χ1n) is 8.79. The molecular formula is C18H18N4O4S2. The maximum absolute atomic E-state index is 11.7. The molecule has 0 amide bonds. The van der Waals surface area contributed by atoms with Crippen molar-refractivity contribution in [2.45, 2.75) is 38.5 Å². The van der Waals surface area contributed by atoms with Crippen molar-refractivity contribution in [3.8, 4) is 5.06 Å². The minimum Gasteiger partial charge on any atom is -0.477 e. The van der Waals surface area contributed by atoms with Gasteiger partial charge in [0.1, 0.15) is 10.3 Å². The number of fused-ring (bicyclic) bond motifs is 2. The lowest BCUT2D eigenvalue weighted by Gasteiger charge is -2.31. The quantitative estimate of drug-likeness (QED) is 0.591. The molecule has 0 aromatic carbocycles. The van der Waals surface area contributed by atoms with E-state index in [0.29, 0.717) is 41.5 Å². The molecule has 8 nitrogen and oxygen atoms in total. The second-order valence-electron chi connectivity index (χ2n) is 7.14. The first kappa shape index (κ1) is 18.8. The lowest BCUT2D eigenvalue weighted by molar-refractivity contribution is -0.120. The maximum Gasteiger partial charge on any atom is 0.345 e. The number of ether oxygens (including phenoxy) is 1. The summed E-state index contributed by atoms with van der Waals surface area (Å²) in [6.45, 7) is 4.63. The predicted molar refractivity (Wildman–Crippen MR) is 103 cm³/mol. The van der Waals surface area contributed by atoms with E-state index in [1.807, 2.05) is 6.07 Å². The first-order valence-corrected chi connectivity index (χ1v) is 10.4. The Labute approximate surface area is 168 Å². The van der Waals surface area contributed by atoms with Gasteiger partial charge in [-0.3, -0.25) is 4.79 Å². The van der Waals surface area contributed by atoms with Gasteiger partial charge in [0.2, 0.25) is 0 Å². The highest BCUT2D eigenvalue weighted by molar-refractivity contribution is 7.16. The highest BCUT2D eigenvalue weighted by atomic mass is 32.1. The normalized spacial score (nSPS) is 18.4. The Morgan fingerprint density at radius 2 is 2.04 bits per heavy atom. The minimum absolute atomic E-state index is 0.269. The number of aromatic nitrogens is 4. The van der Waals surface area contributed by atoms with Crippen molar-refractivity contribution in [2.24, 2.45) is 5.92 Å². The van der Waals surface area contributed by atoms with Gasteiger partial charge in [-0.05, 0) is 48.4 Å². The molecule has 3 aromatic rings. The van der Waals surface area contributed by atoms with Crippen LogP contribution in [0.2, 0.25) is 0 Å². The van der Waals surface area contributed by atoms with Gasteiger partial charge in [0.05, 0.1) is 0 Å². The van der Waals surface area contributed by atoms with Crippen LogP contribution in [0.1, 0.15) is 56.6 Å². The molecule has 0 bridgehead atoms. The number of carboxylic acids is 1. The number of hydrogen-bond donors (Lipinski definition) is 2. The first-order chi connectivity index (χ1) is 13.5. The number of tetrazole rings is 1. The molecule has 4 rings (SSSR count). The summed E-state index contributed by atoms with van der Waals surface area (Å²) in [5.41, 5.74) is 1.32. The third kappa shape index (κ3) is 2.92. The summed E-state index contributed by atoms with van der Waals surface area (Å²) < 4.78 is 5.13. The van der Waals surface area contributed by atoms with Gasteiger partial charge in [0.25, 0.3) is 6.47 Å². The van der Waals surface area contributed by atoms with Gasteiger partial charge in [-0.25, -0.2) is 4.79 Å². The lowest BCUT2D eigenvalue weighted by atomic mass is 9.75. The smallest absolute Gasteiger partial charge is 0.345 e. The van der Waals surface area contributed by atoms with Gasteiger partial charge in [-0.15, -0.1) is 32.9 Å². The molecule has 0 fully saturated rings. The van der Waals surface area contributed by atoms with E-state index in [1.54, 1.807) is 6.07 Å². The van der Waals surface area contributed by atoms with Gasteiger partial charge >= 0.3 is 5.97 Å². The van der Waals surface area contributed by atoms with Gasteiger partial charge in [0, 0.05) is 9.75 Å². The summed E-state index contributed by atoms with van der Waals surface area (Å²) in [4.78, 5) is 24.8. The number of carbonyl (C=O) groups is 2. The topological polar surface area (TPSA) is 118 Å². The van der Waals surface area contributed by atoms with Crippen molar-refractivity contribution in [1.82, 2.24) is 20.6 Å². The molecule has 0 spiro atoms. The molecule has 10 heteroatoms. The molecule has 0 saturated heterocycles. The third-order valence-electron chi connectivity index (χ3n) is 4.85. The van der Waals surface area contributed by atoms with Crippen molar-refractivity contribution in [3.05, 3.63) is 43.7 Å². The Morgan fingerprint density at radius 3 is 2.64 bits per heavy atom. The van der Waals surface area contributed by atoms with Crippen molar-refractivity contribution >= 4 is 35.1 Å². The zero-order valence-electron chi connectivity index (χ0n) is 15.3. The van der Waals surface area contributed by atoms with E-state index in [0.717, 1.165) is 20.9 Å². The zero-order valence-corrected chi connectivity index (χ0v) is 16.9. The molecule has 1 unspecified atom stereocenters. The second-order valence-corrected chi connectivity index (χ2v) is 9.21. The number of rotatable bonds is 6. The number of carbonyl (C=O) groups excluding carboxylic acids is 1. The second kappa shape index (κ2) is 7.10. The van der Waals surface area contributed by atoms with Crippen LogP contribution in [0.3, 0.4) is 0 Å². The Hall–Kier alpha value is -2.59. The number of hydrogen-bond acceptors (Lipinski definition) is 8. The standard InChI is InChI=1S/C18H18N4O4S2/c1-9(2)7-18(17-19-21-22-20-17)14-10(5-12(27-14)16(24)25)3-4-11-6-13(26-8-23)28-15(11)18/h5-6,8-9H,3-4,7H2,1-2H3,(H,24,25)(H,19,20,21,22). The molecule has 3 heterocycles. The Morgan fingerprint density at radius 1 is 1.32 bits per heavy atom. The van der Waals surface area contributed by atoms with E-state index in [-0.39, 0.29) is 5.92 Å². The third-order valence-corrected chi connectivity index (χ3v) is 7.41. The molecular weight excluding hydrogens is 400 g/mol. The summed E-state index contributed by atoms with van der Waals surface area (Å²) in [5.74, 6) is -0.171. The fourth-order valence-electron chi connectivity index (χ4n) is 3.94. The minimum atomic E-state index is -0.944. The molecule has 28 heavy (non-hydrogen) atoms. The molecule has 0 saturated carbocycles. The number of aryl methyl sites for hydroxylation is 2. The van der Waals surface area contributed by atoms with Crippen molar-refractivity contribution in [3.63, 3.8) is 0 Å². The maximum atomic E-state index is 11.7. The zero-order chi connectivity index (χ0) is 19.9. The van der Waals surface area contributed by atoms with Crippen LogP contribution in [0.25, 0.3) is 0 Å². The highest BCUT2D eigenvalue weighted by Gasteiger charge is 2.48. The molecule has 146 valence electrons. The number of nitrogens with zero attached hydrogens (tertiary/aromatic N) is 3. The van der Waals surface area contributed by atoms with Crippen molar-refractivity contribution in [1.29, 1.82) is 0 Å². The fraction of sp³-hybridized carbons (Fsp3) is 0.389. The largest absolute Gasteiger partial charge is 0.477 e. The van der Waals surface area contributed by atoms with E-state index >= 15 is 0 Å². The van der Waals surface area contributed by atoms with Crippen LogP contribution < -0.4 is 4.74 Å². The number of aromatic carboxylic acids is 1. The molecule has 3 aromatic heterocycles. The average molecular weight is 419 g/mol.